The van der Waals surface area contributed by atoms with E-state index >= 15 is 0 Å². The predicted octanol–water partition coefficient (Wildman–Crippen LogP) is 2.78. The maximum absolute atomic E-state index is 10.4. The molecule has 2 aromatic rings. The SMILES string of the molecule is COCCCCCn1ccnc1[C@H](O)c1ccccc1. The van der Waals surface area contributed by atoms with Gasteiger partial charge in [0.05, 0.1) is 0 Å². The molecular weight excluding hydrogens is 252 g/mol. The van der Waals surface area contributed by atoms with Gasteiger partial charge in [0.1, 0.15) is 11.9 Å². The number of nitrogens with zero attached hydrogens (tertiary/aromatic N) is 2. The monoisotopic (exact) mass is 274 g/mol. The fourth-order valence-corrected chi connectivity index (χ4v) is 2.25. The Morgan fingerprint density at radius 1 is 1.20 bits per heavy atom. The van der Waals surface area contributed by atoms with Crippen molar-refractivity contribution in [2.75, 3.05) is 13.7 Å². The molecule has 0 spiro atoms. The number of hydrogen-bond acceptors (Lipinski definition) is 3. The zero-order valence-corrected chi connectivity index (χ0v) is 11.9. The Labute approximate surface area is 120 Å². The normalized spacial score (nSPS) is 12.5. The summed E-state index contributed by atoms with van der Waals surface area (Å²) in [5, 5.41) is 10.4. The van der Waals surface area contributed by atoms with E-state index in [-0.39, 0.29) is 0 Å². The first-order valence-corrected chi connectivity index (χ1v) is 7.06. The molecule has 108 valence electrons. The third-order valence-electron chi connectivity index (χ3n) is 3.36. The van der Waals surface area contributed by atoms with Crippen LogP contribution in [0.2, 0.25) is 0 Å². The Hall–Kier alpha value is -1.65. The number of benzene rings is 1. The van der Waals surface area contributed by atoms with Crippen molar-refractivity contribution in [1.82, 2.24) is 9.55 Å². The zero-order chi connectivity index (χ0) is 14.2. The molecule has 1 heterocycles. The largest absolute Gasteiger partial charge is 0.385 e. The Kier molecular flexibility index (Phi) is 5.77. The molecular formula is C16H22N2O2. The number of aromatic nitrogens is 2. The van der Waals surface area contributed by atoms with E-state index in [1.165, 1.54) is 0 Å². The van der Waals surface area contributed by atoms with Crippen molar-refractivity contribution in [3.05, 3.63) is 54.1 Å². The van der Waals surface area contributed by atoms with Crippen molar-refractivity contribution < 1.29 is 9.84 Å². The molecule has 0 aliphatic rings. The van der Waals surface area contributed by atoms with E-state index in [1.807, 2.05) is 41.1 Å². The molecule has 4 nitrogen and oxygen atoms in total. The second-order valence-electron chi connectivity index (χ2n) is 4.85. The second-order valence-corrected chi connectivity index (χ2v) is 4.85. The van der Waals surface area contributed by atoms with E-state index in [9.17, 15) is 5.11 Å². The average Bonchev–Trinajstić information content (AvgIpc) is 2.95. The quantitative estimate of drug-likeness (QED) is 0.753. The molecule has 20 heavy (non-hydrogen) atoms. The van der Waals surface area contributed by atoms with Gasteiger partial charge < -0.3 is 14.4 Å². The summed E-state index contributed by atoms with van der Waals surface area (Å²) in [6.07, 6.45) is 6.27. The summed E-state index contributed by atoms with van der Waals surface area (Å²) in [6.45, 7) is 1.69. The molecule has 0 unspecified atom stereocenters. The van der Waals surface area contributed by atoms with Crippen LogP contribution in [0.3, 0.4) is 0 Å². The van der Waals surface area contributed by atoms with E-state index in [0.29, 0.717) is 5.82 Å². The van der Waals surface area contributed by atoms with Crippen molar-refractivity contribution in [1.29, 1.82) is 0 Å². The van der Waals surface area contributed by atoms with Crippen LogP contribution in [0.4, 0.5) is 0 Å². The number of aliphatic hydroxyl groups is 1. The van der Waals surface area contributed by atoms with Crippen LogP contribution in [-0.4, -0.2) is 28.4 Å². The fraction of sp³-hybridized carbons (Fsp3) is 0.438. The fourth-order valence-electron chi connectivity index (χ4n) is 2.25. The number of methoxy groups -OCH3 is 1. The van der Waals surface area contributed by atoms with Gasteiger partial charge in [0, 0.05) is 32.7 Å². The molecule has 0 radical (unpaired) electrons. The van der Waals surface area contributed by atoms with Gasteiger partial charge in [0.25, 0.3) is 0 Å². The van der Waals surface area contributed by atoms with Crippen LogP contribution in [0.15, 0.2) is 42.7 Å². The van der Waals surface area contributed by atoms with Crippen molar-refractivity contribution in [3.63, 3.8) is 0 Å². The summed E-state index contributed by atoms with van der Waals surface area (Å²) < 4.78 is 7.07. The van der Waals surface area contributed by atoms with Crippen LogP contribution >= 0.6 is 0 Å². The van der Waals surface area contributed by atoms with Gasteiger partial charge in [-0.25, -0.2) is 4.98 Å². The van der Waals surface area contributed by atoms with E-state index in [2.05, 4.69) is 4.98 Å². The smallest absolute Gasteiger partial charge is 0.142 e. The van der Waals surface area contributed by atoms with Crippen molar-refractivity contribution in [2.45, 2.75) is 31.9 Å². The summed E-state index contributed by atoms with van der Waals surface area (Å²) in [4.78, 5) is 4.30. The minimum absolute atomic E-state index is 0.662. The molecule has 1 N–H and O–H groups in total. The summed E-state index contributed by atoms with van der Waals surface area (Å²) >= 11 is 0. The Morgan fingerprint density at radius 3 is 2.75 bits per heavy atom. The van der Waals surface area contributed by atoms with Crippen molar-refractivity contribution in [3.8, 4) is 0 Å². The van der Waals surface area contributed by atoms with Crippen LogP contribution in [0.1, 0.15) is 36.8 Å². The molecule has 1 aromatic carbocycles. The average molecular weight is 274 g/mol. The highest BCUT2D eigenvalue weighted by atomic mass is 16.5. The topological polar surface area (TPSA) is 47.3 Å². The molecule has 0 saturated heterocycles. The zero-order valence-electron chi connectivity index (χ0n) is 11.9. The standard InChI is InChI=1S/C16H22N2O2/c1-20-13-7-3-6-11-18-12-10-17-16(18)15(19)14-8-4-2-5-9-14/h2,4-5,8-10,12,15,19H,3,6-7,11,13H2,1H3/t15-/m1/s1. The summed E-state index contributed by atoms with van der Waals surface area (Å²) in [5.41, 5.74) is 0.874. The van der Waals surface area contributed by atoms with E-state index < -0.39 is 6.10 Å². The first-order valence-electron chi connectivity index (χ1n) is 7.06. The highest BCUT2D eigenvalue weighted by molar-refractivity contribution is 5.22. The molecule has 0 aliphatic heterocycles. The van der Waals surface area contributed by atoms with Gasteiger partial charge in [-0.1, -0.05) is 30.3 Å². The van der Waals surface area contributed by atoms with Crippen molar-refractivity contribution in [2.24, 2.45) is 0 Å². The number of aliphatic hydroxyl groups excluding tert-OH is 1. The highest BCUT2D eigenvalue weighted by Gasteiger charge is 2.15. The number of imidazole rings is 1. The van der Waals surface area contributed by atoms with Crippen LogP contribution in [0.25, 0.3) is 0 Å². The summed E-state index contributed by atoms with van der Waals surface area (Å²) in [5.74, 6) is 0.711. The second kappa shape index (κ2) is 7.82. The van der Waals surface area contributed by atoms with Gasteiger partial charge in [-0.2, -0.15) is 0 Å². The van der Waals surface area contributed by atoms with Crippen molar-refractivity contribution >= 4 is 0 Å². The van der Waals surface area contributed by atoms with E-state index in [1.54, 1.807) is 13.3 Å². The maximum Gasteiger partial charge on any atom is 0.142 e. The lowest BCUT2D eigenvalue weighted by atomic mass is 10.1. The van der Waals surface area contributed by atoms with Crippen LogP contribution < -0.4 is 0 Å². The molecule has 1 atom stereocenters. The van der Waals surface area contributed by atoms with E-state index in [4.69, 9.17) is 4.74 Å². The third kappa shape index (κ3) is 3.92. The minimum atomic E-state index is -0.662. The summed E-state index contributed by atoms with van der Waals surface area (Å²) in [6, 6.07) is 9.64. The Balaban J connectivity index is 1.94. The first kappa shape index (κ1) is 14.8. The Morgan fingerprint density at radius 2 is 2.00 bits per heavy atom. The molecule has 4 heteroatoms. The lowest BCUT2D eigenvalue weighted by Crippen LogP contribution is -2.10. The van der Waals surface area contributed by atoms with E-state index in [0.717, 1.165) is 38.0 Å². The molecule has 0 amide bonds. The van der Waals surface area contributed by atoms with Gasteiger partial charge in [-0.15, -0.1) is 0 Å². The molecule has 0 aliphatic carbocycles. The lowest BCUT2D eigenvalue weighted by Gasteiger charge is -2.13. The van der Waals surface area contributed by atoms with Crippen LogP contribution in [0, 0.1) is 0 Å². The number of aryl methyl sites for hydroxylation is 1. The number of ether oxygens (including phenoxy) is 1. The van der Waals surface area contributed by atoms with Gasteiger partial charge >= 0.3 is 0 Å². The maximum atomic E-state index is 10.4. The van der Waals surface area contributed by atoms with Crippen LogP contribution in [0.5, 0.6) is 0 Å². The predicted molar refractivity (Wildman–Crippen MR) is 78.5 cm³/mol. The highest BCUT2D eigenvalue weighted by Crippen LogP contribution is 2.20. The number of unbranched alkanes of at least 4 members (excludes halogenated alkanes) is 2. The third-order valence-corrected chi connectivity index (χ3v) is 3.36. The molecule has 1 aromatic heterocycles. The minimum Gasteiger partial charge on any atom is -0.385 e. The van der Waals surface area contributed by atoms with Gasteiger partial charge in [-0.3, -0.25) is 0 Å². The number of rotatable bonds is 8. The summed E-state index contributed by atoms with van der Waals surface area (Å²) in [7, 11) is 1.73. The molecule has 0 bridgehead atoms. The first-order chi connectivity index (χ1) is 9.83. The molecule has 0 saturated carbocycles. The lowest BCUT2D eigenvalue weighted by molar-refractivity contribution is 0.190. The molecule has 0 fully saturated rings. The van der Waals surface area contributed by atoms with Gasteiger partial charge in [-0.05, 0) is 24.8 Å². The van der Waals surface area contributed by atoms with Gasteiger partial charge in [0.15, 0.2) is 0 Å². The number of hydrogen-bond donors (Lipinski definition) is 1. The Bertz CT molecular complexity index is 496. The molecule has 2 rings (SSSR count). The van der Waals surface area contributed by atoms with Gasteiger partial charge in [0.2, 0.25) is 0 Å². The van der Waals surface area contributed by atoms with Crippen LogP contribution in [-0.2, 0) is 11.3 Å².